The Morgan fingerprint density at radius 1 is 1.17 bits per heavy atom. The quantitative estimate of drug-likeness (QED) is 0.789. The van der Waals surface area contributed by atoms with E-state index in [9.17, 15) is 14.5 Å². The molecule has 0 aromatic heterocycles. The molecule has 0 atom stereocenters. The van der Waals surface area contributed by atoms with Crippen LogP contribution in [0.2, 0.25) is 0 Å². The van der Waals surface area contributed by atoms with Gasteiger partial charge in [-0.2, -0.15) is 0 Å². The zero-order valence-corrected chi connectivity index (χ0v) is 11.3. The van der Waals surface area contributed by atoms with Crippen molar-refractivity contribution in [2.75, 3.05) is 0 Å². The highest BCUT2D eigenvalue weighted by Gasteiger charge is 2.38. The molecule has 5 heteroatoms. The summed E-state index contributed by atoms with van der Waals surface area (Å²) in [6.45, 7) is 6.66. The lowest BCUT2D eigenvalue weighted by molar-refractivity contribution is -0.100. The summed E-state index contributed by atoms with van der Waals surface area (Å²) in [7, 11) is -1.04. The van der Waals surface area contributed by atoms with E-state index in [0.717, 1.165) is 5.56 Å². The molecule has 0 saturated carbocycles. The van der Waals surface area contributed by atoms with Gasteiger partial charge in [0.15, 0.2) is 0 Å². The monoisotopic (exact) mass is 254 g/mol. The molecule has 0 aliphatic carbocycles. The van der Waals surface area contributed by atoms with Gasteiger partial charge in [-0.25, -0.2) is 4.39 Å². The number of aliphatic hydroxyl groups is 1. The van der Waals surface area contributed by atoms with Gasteiger partial charge in [0.1, 0.15) is 5.82 Å². The van der Waals surface area contributed by atoms with E-state index in [1.165, 1.54) is 12.1 Å². The van der Waals surface area contributed by atoms with Crippen LogP contribution in [-0.2, 0) is 11.0 Å². The Hall–Kier alpha value is -0.905. The van der Waals surface area contributed by atoms with Crippen molar-refractivity contribution in [1.29, 1.82) is 0 Å². The first kappa shape index (κ1) is 15.2. The van der Waals surface area contributed by atoms with Crippen LogP contribution in [0.4, 0.5) is 4.39 Å². The van der Waals surface area contributed by atoms with E-state index in [1.807, 2.05) is 0 Å². The average molecular weight is 254 g/mol. The van der Waals surface area contributed by atoms with Crippen molar-refractivity contribution in [3.63, 3.8) is 0 Å². The van der Waals surface area contributed by atoms with E-state index >= 15 is 0 Å². The van der Waals surface area contributed by atoms with Gasteiger partial charge in [0.05, 0.1) is 11.2 Å². The molecule has 2 N–H and O–H groups in total. The fourth-order valence-electron chi connectivity index (χ4n) is 1.35. The maximum atomic E-state index is 12.7. The topological polar surface area (TPSA) is 49.7 Å². The van der Waals surface area contributed by atoms with Gasteiger partial charge in [-0.05, 0) is 45.4 Å². The number of rotatable bonds is 5. The van der Waals surface area contributed by atoms with E-state index < -0.39 is 18.3 Å². The first-order valence-corrected chi connectivity index (χ1v) is 5.94. The van der Waals surface area contributed by atoms with Crippen LogP contribution in [0.25, 0.3) is 0 Å². The van der Waals surface area contributed by atoms with Crippen LogP contribution in [0.1, 0.15) is 33.3 Å². The summed E-state index contributed by atoms with van der Waals surface area (Å²) in [5, 5.41) is 19.8. The SMILES string of the molecule is CC(C)(O)C(C)(C)OB(O)Cc1ccc(F)cc1. The smallest absolute Gasteiger partial charge is 0.427 e. The number of hydrogen-bond acceptors (Lipinski definition) is 3. The van der Waals surface area contributed by atoms with Crippen molar-refractivity contribution in [3.05, 3.63) is 35.6 Å². The summed E-state index contributed by atoms with van der Waals surface area (Å²) in [4.78, 5) is 0. The molecule has 0 radical (unpaired) electrons. The van der Waals surface area contributed by atoms with E-state index in [2.05, 4.69) is 0 Å². The van der Waals surface area contributed by atoms with Crippen molar-refractivity contribution in [1.82, 2.24) is 0 Å². The van der Waals surface area contributed by atoms with Crippen molar-refractivity contribution in [3.8, 4) is 0 Å². The Kier molecular flexibility index (Phi) is 4.53. The Morgan fingerprint density at radius 3 is 2.11 bits per heavy atom. The molecular weight excluding hydrogens is 234 g/mol. The van der Waals surface area contributed by atoms with Crippen LogP contribution >= 0.6 is 0 Å². The van der Waals surface area contributed by atoms with E-state index in [-0.39, 0.29) is 12.1 Å². The van der Waals surface area contributed by atoms with Gasteiger partial charge in [0, 0.05) is 6.32 Å². The second-order valence-corrected chi connectivity index (χ2v) is 5.47. The Balaban J connectivity index is 2.62. The maximum absolute atomic E-state index is 12.7. The zero-order valence-electron chi connectivity index (χ0n) is 11.3. The molecule has 0 amide bonds. The lowest BCUT2D eigenvalue weighted by Crippen LogP contribution is -2.50. The van der Waals surface area contributed by atoms with Gasteiger partial charge in [0.2, 0.25) is 0 Å². The Bertz CT molecular complexity index is 384. The number of halogens is 1. The summed E-state index contributed by atoms with van der Waals surface area (Å²) in [6, 6.07) is 5.87. The zero-order chi connectivity index (χ0) is 14.0. The molecule has 0 bridgehead atoms. The highest BCUT2D eigenvalue weighted by atomic mass is 19.1. The van der Waals surface area contributed by atoms with Gasteiger partial charge in [-0.1, -0.05) is 12.1 Å². The van der Waals surface area contributed by atoms with E-state index in [0.29, 0.717) is 0 Å². The first-order chi connectivity index (χ1) is 8.12. The second kappa shape index (κ2) is 5.39. The van der Waals surface area contributed by atoms with Gasteiger partial charge >= 0.3 is 7.12 Å². The minimum Gasteiger partial charge on any atom is -0.427 e. The molecule has 100 valence electrons. The molecule has 0 aliphatic heterocycles. The third-order valence-corrected chi connectivity index (χ3v) is 3.23. The van der Waals surface area contributed by atoms with Crippen molar-refractivity contribution < 1.29 is 19.2 Å². The van der Waals surface area contributed by atoms with Crippen LogP contribution in [0.5, 0.6) is 0 Å². The summed E-state index contributed by atoms with van der Waals surface area (Å²) in [5.74, 6) is -0.314. The van der Waals surface area contributed by atoms with Gasteiger partial charge in [-0.3, -0.25) is 0 Å². The minimum absolute atomic E-state index is 0.250. The van der Waals surface area contributed by atoms with Crippen LogP contribution in [-0.4, -0.2) is 28.5 Å². The Morgan fingerprint density at radius 2 is 1.67 bits per heavy atom. The molecule has 0 fully saturated rings. The minimum atomic E-state index is -1.07. The lowest BCUT2D eigenvalue weighted by atomic mass is 9.78. The van der Waals surface area contributed by atoms with Crippen LogP contribution in [0, 0.1) is 5.82 Å². The standard InChI is InChI=1S/C13H20BFO3/c1-12(2,16)13(3,4)18-14(17)9-10-5-7-11(15)8-6-10/h5-8,16-17H,9H2,1-4H3. The van der Waals surface area contributed by atoms with Gasteiger partial charge in [-0.15, -0.1) is 0 Å². The van der Waals surface area contributed by atoms with Crippen molar-refractivity contribution in [2.45, 2.75) is 45.2 Å². The van der Waals surface area contributed by atoms with Crippen LogP contribution in [0.3, 0.4) is 0 Å². The molecule has 0 saturated heterocycles. The normalized spacial score (nSPS) is 12.6. The van der Waals surface area contributed by atoms with Crippen LogP contribution in [0.15, 0.2) is 24.3 Å². The summed E-state index contributed by atoms with van der Waals surface area (Å²) >= 11 is 0. The summed E-state index contributed by atoms with van der Waals surface area (Å²) in [5.41, 5.74) is -1.18. The molecule has 0 aliphatic rings. The van der Waals surface area contributed by atoms with Crippen molar-refractivity contribution >= 4 is 7.12 Å². The fraction of sp³-hybridized carbons (Fsp3) is 0.538. The number of hydrogen-bond donors (Lipinski definition) is 2. The van der Waals surface area contributed by atoms with E-state index in [4.69, 9.17) is 4.65 Å². The van der Waals surface area contributed by atoms with Gasteiger partial charge < -0.3 is 14.8 Å². The van der Waals surface area contributed by atoms with Gasteiger partial charge in [0.25, 0.3) is 0 Å². The van der Waals surface area contributed by atoms with Crippen LogP contribution < -0.4 is 0 Å². The highest BCUT2D eigenvalue weighted by molar-refractivity contribution is 6.42. The Labute approximate surface area is 108 Å². The predicted molar refractivity (Wildman–Crippen MR) is 69.5 cm³/mol. The molecule has 1 rings (SSSR count). The third-order valence-electron chi connectivity index (χ3n) is 3.23. The molecule has 1 aromatic rings. The molecule has 0 spiro atoms. The molecule has 0 unspecified atom stereocenters. The molecule has 18 heavy (non-hydrogen) atoms. The molecule has 1 aromatic carbocycles. The van der Waals surface area contributed by atoms with E-state index in [1.54, 1.807) is 39.8 Å². The molecule has 3 nitrogen and oxygen atoms in total. The summed E-state index contributed by atoms with van der Waals surface area (Å²) < 4.78 is 18.2. The summed E-state index contributed by atoms with van der Waals surface area (Å²) in [6.07, 6.45) is 0.250. The first-order valence-electron chi connectivity index (χ1n) is 5.94. The molecule has 0 heterocycles. The third kappa shape index (κ3) is 4.08. The maximum Gasteiger partial charge on any atom is 0.459 e. The van der Waals surface area contributed by atoms with Crippen molar-refractivity contribution in [2.24, 2.45) is 0 Å². The average Bonchev–Trinajstić information content (AvgIpc) is 2.19. The largest absolute Gasteiger partial charge is 0.459 e. The number of benzene rings is 1. The second-order valence-electron chi connectivity index (χ2n) is 5.47. The molecular formula is C13H20BFO3. The lowest BCUT2D eigenvalue weighted by Gasteiger charge is -2.38. The highest BCUT2D eigenvalue weighted by Crippen LogP contribution is 2.25. The predicted octanol–water partition coefficient (Wildman–Crippen LogP) is 1.95. The fourth-order valence-corrected chi connectivity index (χ4v) is 1.35.